The van der Waals surface area contributed by atoms with Crippen molar-refractivity contribution in [2.45, 2.75) is 12.1 Å². The van der Waals surface area contributed by atoms with Gasteiger partial charge in [0.05, 0.1) is 18.8 Å². The minimum atomic E-state index is -4.50. The number of rotatable bonds is 2. The minimum absolute atomic E-state index is 0.100. The molecule has 1 aliphatic rings. The van der Waals surface area contributed by atoms with Gasteiger partial charge in [-0.15, -0.1) is 0 Å². The SMILES string of the molecule is NNC(=O)c1cc(C2COC2)cc(C(F)(F)F)c1. The highest BCUT2D eigenvalue weighted by molar-refractivity contribution is 5.94. The molecule has 1 heterocycles. The molecule has 18 heavy (non-hydrogen) atoms. The first-order valence-corrected chi connectivity index (χ1v) is 5.22. The average Bonchev–Trinajstić information content (AvgIpc) is 2.24. The van der Waals surface area contributed by atoms with Gasteiger partial charge in [0.25, 0.3) is 5.91 Å². The molecule has 2 rings (SSSR count). The summed E-state index contributed by atoms with van der Waals surface area (Å²) < 4.78 is 43.1. The Hall–Kier alpha value is -1.60. The maximum Gasteiger partial charge on any atom is 0.416 e. The molecule has 1 aromatic rings. The molecule has 4 nitrogen and oxygen atoms in total. The number of nitrogens with one attached hydrogen (secondary N) is 1. The second kappa shape index (κ2) is 4.58. The van der Waals surface area contributed by atoms with Gasteiger partial charge in [-0.1, -0.05) is 0 Å². The zero-order valence-electron chi connectivity index (χ0n) is 9.25. The van der Waals surface area contributed by atoms with Crippen molar-refractivity contribution >= 4 is 5.91 Å². The van der Waals surface area contributed by atoms with Crippen LogP contribution in [-0.4, -0.2) is 19.1 Å². The molecule has 1 saturated heterocycles. The van der Waals surface area contributed by atoms with Crippen LogP contribution < -0.4 is 11.3 Å². The first-order valence-electron chi connectivity index (χ1n) is 5.22. The Morgan fingerprint density at radius 2 is 2.00 bits per heavy atom. The number of carbonyl (C=O) groups excluding carboxylic acids is 1. The van der Waals surface area contributed by atoms with Gasteiger partial charge in [-0.05, 0) is 23.8 Å². The van der Waals surface area contributed by atoms with Crippen LogP contribution in [0.1, 0.15) is 27.4 Å². The smallest absolute Gasteiger partial charge is 0.380 e. The lowest BCUT2D eigenvalue weighted by Crippen LogP contribution is -2.31. The van der Waals surface area contributed by atoms with Gasteiger partial charge in [0, 0.05) is 11.5 Å². The van der Waals surface area contributed by atoms with E-state index in [1.807, 2.05) is 5.43 Å². The summed E-state index contributed by atoms with van der Waals surface area (Å²) in [5.74, 6) is 4.08. The van der Waals surface area contributed by atoms with E-state index in [2.05, 4.69) is 0 Å². The lowest BCUT2D eigenvalue weighted by atomic mass is 9.93. The van der Waals surface area contributed by atoms with Crippen LogP contribution in [0.15, 0.2) is 18.2 Å². The van der Waals surface area contributed by atoms with Crippen molar-refractivity contribution in [3.05, 3.63) is 34.9 Å². The summed E-state index contributed by atoms with van der Waals surface area (Å²) in [7, 11) is 0. The number of amides is 1. The molecular weight excluding hydrogens is 249 g/mol. The maximum atomic E-state index is 12.7. The molecule has 0 unspecified atom stereocenters. The zero-order chi connectivity index (χ0) is 13.3. The predicted molar refractivity (Wildman–Crippen MR) is 56.7 cm³/mol. The van der Waals surface area contributed by atoms with E-state index in [0.717, 1.165) is 12.1 Å². The number of benzene rings is 1. The normalized spacial score (nSPS) is 16.2. The lowest BCUT2D eigenvalue weighted by molar-refractivity contribution is -0.137. The molecule has 0 aliphatic carbocycles. The second-order valence-corrected chi connectivity index (χ2v) is 4.05. The van der Waals surface area contributed by atoms with Crippen LogP contribution in [-0.2, 0) is 10.9 Å². The van der Waals surface area contributed by atoms with E-state index in [1.165, 1.54) is 6.07 Å². The van der Waals surface area contributed by atoms with Gasteiger partial charge in [0.15, 0.2) is 0 Å². The number of ether oxygens (including phenoxy) is 1. The Morgan fingerprint density at radius 3 is 2.44 bits per heavy atom. The van der Waals surface area contributed by atoms with Crippen LogP contribution >= 0.6 is 0 Å². The van der Waals surface area contributed by atoms with Gasteiger partial charge in [-0.2, -0.15) is 13.2 Å². The van der Waals surface area contributed by atoms with E-state index < -0.39 is 17.6 Å². The zero-order valence-corrected chi connectivity index (χ0v) is 9.25. The highest BCUT2D eigenvalue weighted by atomic mass is 19.4. The van der Waals surface area contributed by atoms with Crippen LogP contribution in [0.4, 0.5) is 13.2 Å². The van der Waals surface area contributed by atoms with E-state index in [9.17, 15) is 18.0 Å². The van der Waals surface area contributed by atoms with Gasteiger partial charge in [0.2, 0.25) is 0 Å². The van der Waals surface area contributed by atoms with E-state index in [4.69, 9.17) is 10.6 Å². The molecular formula is C11H11F3N2O2. The third-order valence-corrected chi connectivity index (χ3v) is 2.79. The molecule has 1 aromatic carbocycles. The summed E-state index contributed by atoms with van der Waals surface area (Å²) >= 11 is 0. The molecule has 0 radical (unpaired) electrons. The number of hydrogen-bond acceptors (Lipinski definition) is 3. The molecule has 1 fully saturated rings. The summed E-state index contributed by atoms with van der Waals surface area (Å²) in [6, 6.07) is 3.23. The van der Waals surface area contributed by atoms with Crippen molar-refractivity contribution in [2.75, 3.05) is 13.2 Å². The van der Waals surface area contributed by atoms with Crippen LogP contribution in [0, 0.1) is 0 Å². The molecule has 3 N–H and O–H groups in total. The number of alkyl halides is 3. The van der Waals surface area contributed by atoms with Crippen LogP contribution in [0.5, 0.6) is 0 Å². The lowest BCUT2D eigenvalue weighted by Gasteiger charge is -2.27. The fraction of sp³-hybridized carbons (Fsp3) is 0.364. The van der Waals surface area contributed by atoms with Gasteiger partial charge in [0.1, 0.15) is 0 Å². The Labute approximate surface area is 101 Å². The molecule has 1 amide bonds. The maximum absolute atomic E-state index is 12.7. The van der Waals surface area contributed by atoms with Crippen molar-refractivity contribution in [3.63, 3.8) is 0 Å². The van der Waals surface area contributed by atoms with E-state index in [1.54, 1.807) is 0 Å². The highest BCUT2D eigenvalue weighted by Crippen LogP contribution is 2.34. The number of nitrogen functional groups attached to an aromatic ring is 1. The van der Waals surface area contributed by atoms with Crippen LogP contribution in [0.2, 0.25) is 0 Å². The fourth-order valence-corrected chi connectivity index (χ4v) is 1.69. The third kappa shape index (κ3) is 2.46. The van der Waals surface area contributed by atoms with Crippen molar-refractivity contribution in [2.24, 2.45) is 5.84 Å². The molecule has 98 valence electrons. The summed E-state index contributed by atoms with van der Waals surface area (Å²) in [6.45, 7) is 0.732. The van der Waals surface area contributed by atoms with Crippen molar-refractivity contribution in [3.8, 4) is 0 Å². The fourth-order valence-electron chi connectivity index (χ4n) is 1.69. The molecule has 0 atom stereocenters. The summed E-state index contributed by atoms with van der Waals surface area (Å²) in [6.07, 6.45) is -4.50. The average molecular weight is 260 g/mol. The van der Waals surface area contributed by atoms with Crippen molar-refractivity contribution in [1.82, 2.24) is 5.43 Å². The Bertz CT molecular complexity index is 470. The van der Waals surface area contributed by atoms with E-state index in [0.29, 0.717) is 18.8 Å². The van der Waals surface area contributed by atoms with E-state index >= 15 is 0 Å². The Kier molecular flexibility index (Phi) is 3.27. The summed E-state index contributed by atoms with van der Waals surface area (Å²) in [5.41, 5.74) is 1.31. The topological polar surface area (TPSA) is 64.3 Å². The van der Waals surface area contributed by atoms with Gasteiger partial charge in [-0.3, -0.25) is 10.2 Å². The molecule has 0 bridgehead atoms. The van der Waals surface area contributed by atoms with Crippen LogP contribution in [0.3, 0.4) is 0 Å². The second-order valence-electron chi connectivity index (χ2n) is 4.05. The molecule has 0 spiro atoms. The van der Waals surface area contributed by atoms with Crippen molar-refractivity contribution in [1.29, 1.82) is 0 Å². The molecule has 0 saturated carbocycles. The first-order chi connectivity index (χ1) is 8.41. The molecule has 0 aromatic heterocycles. The summed E-state index contributed by atoms with van der Waals surface area (Å²) in [4.78, 5) is 11.3. The monoisotopic (exact) mass is 260 g/mol. The number of nitrogens with two attached hydrogens (primary N) is 1. The molecule has 7 heteroatoms. The standard InChI is InChI=1S/C11H11F3N2O2/c12-11(13,14)9-2-6(8-4-18-5-8)1-7(3-9)10(17)16-15/h1-3,8H,4-5,15H2,(H,16,17). The number of hydrogen-bond donors (Lipinski definition) is 2. The van der Waals surface area contributed by atoms with E-state index in [-0.39, 0.29) is 11.5 Å². The third-order valence-electron chi connectivity index (χ3n) is 2.79. The quantitative estimate of drug-likeness (QED) is 0.480. The minimum Gasteiger partial charge on any atom is -0.380 e. The van der Waals surface area contributed by atoms with Gasteiger partial charge >= 0.3 is 6.18 Å². The van der Waals surface area contributed by atoms with Gasteiger partial charge < -0.3 is 4.74 Å². The Morgan fingerprint density at radius 1 is 1.33 bits per heavy atom. The van der Waals surface area contributed by atoms with Gasteiger partial charge in [-0.25, -0.2) is 5.84 Å². The van der Waals surface area contributed by atoms with Crippen molar-refractivity contribution < 1.29 is 22.7 Å². The Balaban J connectivity index is 2.44. The van der Waals surface area contributed by atoms with Crippen LogP contribution in [0.25, 0.3) is 0 Å². The number of hydrazine groups is 1. The molecule has 1 aliphatic heterocycles. The summed E-state index contributed by atoms with van der Waals surface area (Å²) in [5, 5.41) is 0. The predicted octanol–water partition coefficient (Wildman–Crippen LogP) is 1.42. The number of carbonyl (C=O) groups is 1. The highest BCUT2D eigenvalue weighted by Gasteiger charge is 2.33. The number of halogens is 3. The first kappa shape index (κ1) is 12.8. The largest absolute Gasteiger partial charge is 0.416 e.